The topological polar surface area (TPSA) is 38.3 Å². The van der Waals surface area contributed by atoms with E-state index in [1.807, 2.05) is 18.8 Å². The van der Waals surface area contributed by atoms with Crippen molar-refractivity contribution in [2.45, 2.75) is 35.4 Å². The highest BCUT2D eigenvalue weighted by atomic mass is 32.2. The molecule has 19 heavy (non-hydrogen) atoms. The van der Waals surface area contributed by atoms with Gasteiger partial charge in [0.25, 0.3) is 0 Å². The van der Waals surface area contributed by atoms with Gasteiger partial charge >= 0.3 is 5.97 Å². The van der Waals surface area contributed by atoms with E-state index in [0.29, 0.717) is 5.92 Å². The number of carbonyl (C=O) groups excluding carboxylic acids is 1. The first kappa shape index (κ1) is 14.9. The number of thioether (sulfide) groups is 1. The fourth-order valence-electron chi connectivity index (χ4n) is 3.00. The molecule has 3 nitrogen and oxygen atoms in total. The van der Waals surface area contributed by atoms with Gasteiger partial charge in [-0.3, -0.25) is 4.79 Å². The van der Waals surface area contributed by atoms with Gasteiger partial charge in [-0.1, -0.05) is 12.5 Å². The van der Waals surface area contributed by atoms with Crippen molar-refractivity contribution in [3.63, 3.8) is 0 Å². The van der Waals surface area contributed by atoms with Crippen LogP contribution in [0, 0.1) is 5.92 Å². The van der Waals surface area contributed by atoms with Gasteiger partial charge in [0.05, 0.1) is 11.3 Å². The zero-order valence-electron chi connectivity index (χ0n) is 11.5. The Kier molecular flexibility index (Phi) is 5.30. The summed E-state index contributed by atoms with van der Waals surface area (Å²) in [4.78, 5) is 12.1. The van der Waals surface area contributed by atoms with E-state index in [4.69, 9.17) is 4.74 Å². The molecule has 0 amide bonds. The summed E-state index contributed by atoms with van der Waals surface area (Å²) in [6, 6.07) is 4.23. The Hall–Kier alpha value is -0.520. The zero-order chi connectivity index (χ0) is 13.7. The molecular weight excluding hydrogens is 278 g/mol. The molecule has 1 N–H and O–H groups in total. The molecule has 1 aromatic rings. The van der Waals surface area contributed by atoms with E-state index in [2.05, 4.69) is 22.8 Å². The molecule has 2 unspecified atom stereocenters. The zero-order valence-corrected chi connectivity index (χ0v) is 13.1. The quantitative estimate of drug-likeness (QED) is 0.647. The van der Waals surface area contributed by atoms with Crippen LogP contribution in [-0.4, -0.2) is 31.4 Å². The van der Waals surface area contributed by atoms with Crippen LogP contribution in [0.2, 0.25) is 0 Å². The summed E-state index contributed by atoms with van der Waals surface area (Å²) in [5.41, 5.74) is -0.454. The van der Waals surface area contributed by atoms with Crippen LogP contribution in [0.1, 0.15) is 25.7 Å². The number of likely N-dealkylation sites (N-methyl/N-ethyl adjacent to an activating group) is 1. The van der Waals surface area contributed by atoms with Gasteiger partial charge in [-0.2, -0.15) is 0 Å². The van der Waals surface area contributed by atoms with Crippen LogP contribution in [0.4, 0.5) is 0 Å². The standard InChI is InChI=1S/C14H21NO2S2/c1-15-14(13(16)17-2)8-3-5-11(14)7-10-19-12-6-4-9-18-12/h4,6,9,11,15H,3,5,7-8,10H2,1-2H3. The number of ether oxygens (including phenoxy) is 1. The SMILES string of the molecule is CNC1(C(=O)OC)CCCC1CCSc1cccs1. The number of methoxy groups -OCH3 is 1. The van der Waals surface area contributed by atoms with E-state index in [0.717, 1.165) is 31.4 Å². The average Bonchev–Trinajstić information content (AvgIpc) is 3.08. The molecule has 1 fully saturated rings. The second-order valence-corrected chi connectivity index (χ2v) is 7.21. The van der Waals surface area contributed by atoms with E-state index in [9.17, 15) is 4.79 Å². The van der Waals surface area contributed by atoms with Crippen LogP contribution < -0.4 is 5.32 Å². The molecule has 2 rings (SSSR count). The fourth-order valence-corrected chi connectivity index (χ4v) is 4.91. The second kappa shape index (κ2) is 6.77. The van der Waals surface area contributed by atoms with E-state index in [1.165, 1.54) is 11.3 Å². The first-order valence-corrected chi connectivity index (χ1v) is 8.53. The number of esters is 1. The van der Waals surface area contributed by atoms with Gasteiger partial charge in [0.15, 0.2) is 0 Å². The summed E-state index contributed by atoms with van der Waals surface area (Å²) in [5, 5.41) is 5.34. The molecule has 1 aliphatic carbocycles. The number of rotatable bonds is 6. The lowest BCUT2D eigenvalue weighted by atomic mass is 9.85. The first-order valence-electron chi connectivity index (χ1n) is 6.66. The smallest absolute Gasteiger partial charge is 0.326 e. The van der Waals surface area contributed by atoms with Crippen molar-refractivity contribution >= 4 is 29.1 Å². The Morgan fingerprint density at radius 3 is 3.16 bits per heavy atom. The monoisotopic (exact) mass is 299 g/mol. The molecule has 2 atom stereocenters. The molecule has 0 spiro atoms. The number of thiophene rings is 1. The van der Waals surface area contributed by atoms with Gasteiger partial charge < -0.3 is 10.1 Å². The van der Waals surface area contributed by atoms with Crippen molar-refractivity contribution in [1.82, 2.24) is 5.32 Å². The van der Waals surface area contributed by atoms with Crippen molar-refractivity contribution < 1.29 is 9.53 Å². The third-order valence-electron chi connectivity index (χ3n) is 4.02. The van der Waals surface area contributed by atoms with Gasteiger partial charge in [-0.15, -0.1) is 23.1 Å². The third kappa shape index (κ3) is 3.15. The number of hydrogen-bond donors (Lipinski definition) is 1. The summed E-state index contributed by atoms with van der Waals surface area (Å²) < 4.78 is 6.36. The van der Waals surface area contributed by atoms with Crippen molar-refractivity contribution in [2.24, 2.45) is 5.92 Å². The van der Waals surface area contributed by atoms with Crippen molar-refractivity contribution in [1.29, 1.82) is 0 Å². The molecule has 0 bridgehead atoms. The molecule has 1 heterocycles. The Labute approximate surface area is 123 Å². The third-order valence-corrected chi connectivity index (χ3v) is 6.19. The fraction of sp³-hybridized carbons (Fsp3) is 0.643. The predicted octanol–water partition coefficient (Wildman–Crippen LogP) is 3.16. The molecule has 1 aromatic heterocycles. The highest BCUT2D eigenvalue weighted by Gasteiger charge is 2.48. The number of hydrogen-bond acceptors (Lipinski definition) is 5. The molecular formula is C14H21NO2S2. The van der Waals surface area contributed by atoms with Gasteiger partial charge in [-0.25, -0.2) is 0 Å². The molecule has 1 aliphatic rings. The summed E-state index contributed by atoms with van der Waals surface area (Å²) in [6.07, 6.45) is 4.16. The predicted molar refractivity (Wildman–Crippen MR) is 80.8 cm³/mol. The van der Waals surface area contributed by atoms with Crippen LogP contribution >= 0.6 is 23.1 Å². The lowest BCUT2D eigenvalue weighted by Gasteiger charge is -2.32. The minimum absolute atomic E-state index is 0.0985. The minimum atomic E-state index is -0.454. The van der Waals surface area contributed by atoms with Crippen LogP contribution in [0.25, 0.3) is 0 Å². The first-order chi connectivity index (χ1) is 9.23. The Bertz CT molecular complexity index is 408. The Morgan fingerprint density at radius 1 is 1.68 bits per heavy atom. The highest BCUT2D eigenvalue weighted by Crippen LogP contribution is 2.40. The second-order valence-electron chi connectivity index (χ2n) is 4.87. The maximum absolute atomic E-state index is 12.1. The number of nitrogens with one attached hydrogen (secondary N) is 1. The van der Waals surface area contributed by atoms with Crippen LogP contribution in [0.5, 0.6) is 0 Å². The lowest BCUT2D eigenvalue weighted by Crippen LogP contribution is -2.53. The molecule has 0 aromatic carbocycles. The average molecular weight is 299 g/mol. The van der Waals surface area contributed by atoms with Crippen LogP contribution in [-0.2, 0) is 9.53 Å². The summed E-state index contributed by atoms with van der Waals surface area (Å²) >= 11 is 3.66. The van der Waals surface area contributed by atoms with Crippen molar-refractivity contribution in [3.05, 3.63) is 17.5 Å². The summed E-state index contributed by atoms with van der Waals surface area (Å²) in [6.45, 7) is 0. The highest BCUT2D eigenvalue weighted by molar-refractivity contribution is 8.01. The maximum Gasteiger partial charge on any atom is 0.326 e. The molecule has 1 saturated carbocycles. The number of carbonyl (C=O) groups is 1. The Morgan fingerprint density at radius 2 is 2.53 bits per heavy atom. The lowest BCUT2D eigenvalue weighted by molar-refractivity contribution is -0.150. The minimum Gasteiger partial charge on any atom is -0.468 e. The van der Waals surface area contributed by atoms with Gasteiger partial charge in [0.1, 0.15) is 5.54 Å². The van der Waals surface area contributed by atoms with Crippen molar-refractivity contribution in [2.75, 3.05) is 19.9 Å². The molecule has 0 aliphatic heterocycles. The molecule has 106 valence electrons. The molecule has 0 saturated heterocycles. The van der Waals surface area contributed by atoms with Crippen LogP contribution in [0.15, 0.2) is 21.7 Å². The van der Waals surface area contributed by atoms with Gasteiger partial charge in [0.2, 0.25) is 0 Å². The van der Waals surface area contributed by atoms with E-state index in [-0.39, 0.29) is 5.97 Å². The molecule has 0 radical (unpaired) electrons. The largest absolute Gasteiger partial charge is 0.468 e. The summed E-state index contributed by atoms with van der Waals surface area (Å²) in [5.74, 6) is 1.35. The van der Waals surface area contributed by atoms with Crippen LogP contribution in [0.3, 0.4) is 0 Å². The maximum atomic E-state index is 12.1. The van der Waals surface area contributed by atoms with Crippen molar-refractivity contribution in [3.8, 4) is 0 Å². The van der Waals surface area contributed by atoms with E-state index in [1.54, 1.807) is 11.3 Å². The van der Waals surface area contributed by atoms with E-state index < -0.39 is 5.54 Å². The Balaban J connectivity index is 1.92. The molecule has 5 heteroatoms. The summed E-state index contributed by atoms with van der Waals surface area (Å²) in [7, 11) is 3.36. The normalized spacial score (nSPS) is 26.5. The van der Waals surface area contributed by atoms with Gasteiger partial charge in [-0.05, 0) is 49.4 Å². The van der Waals surface area contributed by atoms with E-state index >= 15 is 0 Å². The van der Waals surface area contributed by atoms with Gasteiger partial charge in [0, 0.05) is 0 Å².